The van der Waals surface area contributed by atoms with Gasteiger partial charge in [0.15, 0.2) is 0 Å². The molecule has 4 rings (SSSR count). The fourth-order valence-corrected chi connectivity index (χ4v) is 4.77. The zero-order chi connectivity index (χ0) is 22.4. The lowest BCUT2D eigenvalue weighted by Crippen LogP contribution is -2.52. The van der Waals surface area contributed by atoms with Gasteiger partial charge in [-0.1, -0.05) is 36.4 Å². The number of amides is 1. The zero-order valence-corrected chi connectivity index (χ0v) is 18.9. The van der Waals surface area contributed by atoms with E-state index in [1.54, 1.807) is 14.2 Å². The van der Waals surface area contributed by atoms with E-state index in [9.17, 15) is 4.79 Å². The number of pyridine rings is 1. The maximum Gasteiger partial charge on any atom is 0.227 e. The van der Waals surface area contributed by atoms with Crippen molar-refractivity contribution in [2.45, 2.75) is 25.8 Å². The van der Waals surface area contributed by atoms with Gasteiger partial charge in [-0.2, -0.15) is 0 Å². The van der Waals surface area contributed by atoms with Crippen molar-refractivity contribution in [1.29, 1.82) is 0 Å². The normalized spacial score (nSPS) is 18.8. The molecule has 1 aliphatic rings. The van der Waals surface area contributed by atoms with Gasteiger partial charge in [-0.25, -0.2) is 0 Å². The molecule has 1 fully saturated rings. The van der Waals surface area contributed by atoms with Crippen LogP contribution in [0.3, 0.4) is 0 Å². The summed E-state index contributed by atoms with van der Waals surface area (Å²) in [6.07, 6.45) is 6.32. The average molecular weight is 430 g/mol. The summed E-state index contributed by atoms with van der Waals surface area (Å²) in [5, 5.41) is 2.94. The number of nitrogens with zero attached hydrogens (tertiary/aromatic N) is 2. The molecule has 166 valence electrons. The number of piperidine rings is 1. The van der Waals surface area contributed by atoms with Crippen LogP contribution in [0.2, 0.25) is 0 Å². The predicted molar refractivity (Wildman–Crippen MR) is 127 cm³/mol. The SMILES string of the molecule is CNC(=O)[C@@]1(Cc2ccc(-c3ccc(OC)cc3)cc2)CCCN(Cc2ccncc2)C1. The van der Waals surface area contributed by atoms with Gasteiger partial charge in [0.1, 0.15) is 5.75 Å². The third kappa shape index (κ3) is 5.00. The maximum atomic E-state index is 13.1. The largest absolute Gasteiger partial charge is 0.497 e. The first-order valence-electron chi connectivity index (χ1n) is 11.2. The van der Waals surface area contributed by atoms with Crippen LogP contribution in [0.1, 0.15) is 24.0 Å². The first-order chi connectivity index (χ1) is 15.6. The molecule has 32 heavy (non-hydrogen) atoms. The van der Waals surface area contributed by atoms with E-state index in [0.29, 0.717) is 0 Å². The molecule has 0 unspecified atom stereocenters. The smallest absolute Gasteiger partial charge is 0.227 e. The molecule has 1 saturated heterocycles. The second kappa shape index (κ2) is 9.96. The number of ether oxygens (including phenoxy) is 1. The third-order valence-electron chi connectivity index (χ3n) is 6.44. The molecule has 0 bridgehead atoms. The van der Waals surface area contributed by atoms with Gasteiger partial charge in [0, 0.05) is 32.5 Å². The van der Waals surface area contributed by atoms with Gasteiger partial charge in [0.2, 0.25) is 5.91 Å². The Morgan fingerprint density at radius 3 is 2.28 bits per heavy atom. The standard InChI is InChI=1S/C27H31N3O2/c1-28-26(31)27(14-3-17-30(20-27)19-22-12-15-29-16-13-22)18-21-4-6-23(7-5-21)24-8-10-25(32-2)11-9-24/h4-13,15-16H,3,14,17-20H2,1-2H3,(H,28,31)/t27-/m1/s1. The van der Waals surface area contributed by atoms with Crippen molar-refractivity contribution >= 4 is 5.91 Å². The summed E-state index contributed by atoms with van der Waals surface area (Å²) >= 11 is 0. The molecule has 5 heteroatoms. The highest BCUT2D eigenvalue weighted by atomic mass is 16.5. The Balaban J connectivity index is 1.51. The second-order valence-corrected chi connectivity index (χ2v) is 8.63. The van der Waals surface area contributed by atoms with Crippen molar-refractivity contribution in [3.63, 3.8) is 0 Å². The van der Waals surface area contributed by atoms with E-state index >= 15 is 0 Å². The molecule has 1 N–H and O–H groups in total. The van der Waals surface area contributed by atoms with Crippen LogP contribution in [0.15, 0.2) is 73.1 Å². The average Bonchev–Trinajstić information content (AvgIpc) is 2.85. The van der Waals surface area contributed by atoms with Gasteiger partial charge >= 0.3 is 0 Å². The molecule has 1 atom stereocenters. The highest BCUT2D eigenvalue weighted by Gasteiger charge is 2.41. The molecule has 0 radical (unpaired) electrons. The fraction of sp³-hybridized carbons (Fsp3) is 0.333. The summed E-state index contributed by atoms with van der Waals surface area (Å²) in [4.78, 5) is 19.6. The number of carbonyl (C=O) groups excluding carboxylic acids is 1. The van der Waals surface area contributed by atoms with Crippen molar-refractivity contribution in [3.8, 4) is 16.9 Å². The topological polar surface area (TPSA) is 54.5 Å². The van der Waals surface area contributed by atoms with Gasteiger partial charge in [0.05, 0.1) is 12.5 Å². The third-order valence-corrected chi connectivity index (χ3v) is 6.44. The first kappa shape index (κ1) is 22.0. The number of methoxy groups -OCH3 is 1. The summed E-state index contributed by atoms with van der Waals surface area (Å²) < 4.78 is 5.25. The summed E-state index contributed by atoms with van der Waals surface area (Å²) in [6, 6.07) is 20.8. The van der Waals surface area contributed by atoms with E-state index in [1.807, 2.05) is 36.7 Å². The van der Waals surface area contributed by atoms with E-state index in [1.165, 1.54) is 11.1 Å². The van der Waals surface area contributed by atoms with Gasteiger partial charge in [-0.3, -0.25) is 14.7 Å². The monoisotopic (exact) mass is 429 g/mol. The van der Waals surface area contributed by atoms with E-state index in [2.05, 4.69) is 51.6 Å². The van der Waals surface area contributed by atoms with Crippen LogP contribution in [0, 0.1) is 5.41 Å². The molecule has 2 heterocycles. The number of hydrogen-bond acceptors (Lipinski definition) is 4. The first-order valence-corrected chi connectivity index (χ1v) is 11.2. The van der Waals surface area contributed by atoms with Gasteiger partial charge in [-0.05, 0) is 72.3 Å². The van der Waals surface area contributed by atoms with Crippen LogP contribution in [-0.4, -0.2) is 43.0 Å². The lowest BCUT2D eigenvalue weighted by atomic mass is 9.74. The molecular formula is C27H31N3O2. The van der Waals surface area contributed by atoms with Gasteiger partial charge < -0.3 is 10.1 Å². The van der Waals surface area contributed by atoms with E-state index < -0.39 is 5.41 Å². The highest BCUT2D eigenvalue weighted by Crippen LogP contribution is 2.35. The predicted octanol–water partition coefficient (Wildman–Crippen LogP) is 4.33. The highest BCUT2D eigenvalue weighted by molar-refractivity contribution is 5.83. The van der Waals surface area contributed by atoms with E-state index in [0.717, 1.165) is 55.8 Å². The minimum atomic E-state index is -0.415. The zero-order valence-electron chi connectivity index (χ0n) is 18.9. The number of benzene rings is 2. The van der Waals surface area contributed by atoms with Crippen LogP contribution in [-0.2, 0) is 17.8 Å². The Bertz CT molecular complexity index is 1020. The van der Waals surface area contributed by atoms with Crippen LogP contribution in [0.5, 0.6) is 5.75 Å². The quantitative estimate of drug-likeness (QED) is 0.607. The van der Waals surface area contributed by atoms with Crippen LogP contribution >= 0.6 is 0 Å². The summed E-state index contributed by atoms with van der Waals surface area (Å²) in [6.45, 7) is 2.62. The number of hydrogen-bond donors (Lipinski definition) is 1. The van der Waals surface area contributed by atoms with Gasteiger partial charge in [-0.15, -0.1) is 0 Å². The minimum absolute atomic E-state index is 0.135. The van der Waals surface area contributed by atoms with Crippen molar-refractivity contribution < 1.29 is 9.53 Å². The van der Waals surface area contributed by atoms with Crippen LogP contribution < -0.4 is 10.1 Å². The van der Waals surface area contributed by atoms with Crippen LogP contribution in [0.25, 0.3) is 11.1 Å². The number of aromatic nitrogens is 1. The van der Waals surface area contributed by atoms with E-state index in [4.69, 9.17) is 4.74 Å². The minimum Gasteiger partial charge on any atom is -0.497 e. The van der Waals surface area contributed by atoms with Crippen LogP contribution in [0.4, 0.5) is 0 Å². The summed E-state index contributed by atoms with van der Waals surface area (Å²) in [7, 11) is 3.42. The second-order valence-electron chi connectivity index (χ2n) is 8.63. The number of likely N-dealkylation sites (tertiary alicyclic amines) is 1. The molecule has 3 aromatic rings. The molecule has 1 amide bonds. The van der Waals surface area contributed by atoms with Crippen molar-refractivity contribution in [3.05, 3.63) is 84.2 Å². The molecule has 0 aliphatic carbocycles. The van der Waals surface area contributed by atoms with Crippen molar-refractivity contribution in [1.82, 2.24) is 15.2 Å². The van der Waals surface area contributed by atoms with Crippen molar-refractivity contribution in [2.24, 2.45) is 5.41 Å². The molecule has 5 nitrogen and oxygen atoms in total. The Morgan fingerprint density at radius 1 is 1.00 bits per heavy atom. The molecule has 1 aromatic heterocycles. The molecular weight excluding hydrogens is 398 g/mol. The maximum absolute atomic E-state index is 13.1. The lowest BCUT2D eigenvalue weighted by molar-refractivity contribution is -0.134. The Kier molecular flexibility index (Phi) is 6.86. The van der Waals surface area contributed by atoms with E-state index in [-0.39, 0.29) is 5.91 Å². The molecule has 0 spiro atoms. The molecule has 2 aromatic carbocycles. The Hall–Kier alpha value is -3.18. The summed E-state index contributed by atoms with van der Waals surface area (Å²) in [5.74, 6) is 0.989. The Morgan fingerprint density at radius 2 is 1.66 bits per heavy atom. The van der Waals surface area contributed by atoms with Crippen molar-refractivity contribution in [2.75, 3.05) is 27.2 Å². The van der Waals surface area contributed by atoms with Gasteiger partial charge in [0.25, 0.3) is 0 Å². The number of carbonyl (C=O) groups is 1. The summed E-state index contributed by atoms with van der Waals surface area (Å²) in [5.41, 5.74) is 4.32. The number of nitrogens with one attached hydrogen (secondary N) is 1. The Labute approximate surface area is 190 Å². The molecule has 1 aliphatic heterocycles. The fourth-order valence-electron chi connectivity index (χ4n) is 4.77. The number of rotatable bonds is 7. The lowest BCUT2D eigenvalue weighted by Gasteiger charge is -2.41. The molecule has 0 saturated carbocycles.